The van der Waals surface area contributed by atoms with Crippen LogP contribution in [0.4, 0.5) is 11.5 Å². The van der Waals surface area contributed by atoms with Gasteiger partial charge >= 0.3 is 0 Å². The number of nitrogens with zero attached hydrogens (tertiary/aromatic N) is 5. The number of anilines is 2. The van der Waals surface area contributed by atoms with Crippen LogP contribution in [0, 0.1) is 12.8 Å². The van der Waals surface area contributed by atoms with E-state index in [0.29, 0.717) is 17.9 Å². The van der Waals surface area contributed by atoms with Crippen molar-refractivity contribution in [1.29, 1.82) is 0 Å². The molecule has 0 aromatic carbocycles. The third kappa shape index (κ3) is 3.02. The SMILES string of the molecule is Cc1noc2ncnc(N3CCCC(C(=O)Nc4cccnc4)C3)c12. The highest BCUT2D eigenvalue weighted by atomic mass is 16.5. The number of aryl methyl sites for hydroxylation is 1. The van der Waals surface area contributed by atoms with E-state index in [0.717, 1.165) is 36.3 Å². The molecule has 1 unspecified atom stereocenters. The minimum atomic E-state index is -0.112. The summed E-state index contributed by atoms with van der Waals surface area (Å²) >= 11 is 0. The van der Waals surface area contributed by atoms with E-state index in [2.05, 4.69) is 30.3 Å². The van der Waals surface area contributed by atoms with E-state index < -0.39 is 0 Å². The van der Waals surface area contributed by atoms with Crippen molar-refractivity contribution in [2.75, 3.05) is 23.3 Å². The van der Waals surface area contributed by atoms with E-state index >= 15 is 0 Å². The molecule has 0 saturated carbocycles. The van der Waals surface area contributed by atoms with E-state index in [9.17, 15) is 4.79 Å². The van der Waals surface area contributed by atoms with Crippen molar-refractivity contribution < 1.29 is 9.32 Å². The highest BCUT2D eigenvalue weighted by Gasteiger charge is 2.28. The second kappa shape index (κ2) is 6.46. The average molecular weight is 338 g/mol. The van der Waals surface area contributed by atoms with Crippen LogP contribution in [-0.2, 0) is 4.79 Å². The molecule has 4 rings (SSSR count). The largest absolute Gasteiger partial charge is 0.355 e. The molecule has 1 aliphatic rings. The van der Waals surface area contributed by atoms with E-state index in [-0.39, 0.29) is 11.8 Å². The van der Waals surface area contributed by atoms with Crippen LogP contribution in [0.2, 0.25) is 0 Å². The lowest BCUT2D eigenvalue weighted by Crippen LogP contribution is -2.41. The summed E-state index contributed by atoms with van der Waals surface area (Å²) in [6, 6.07) is 3.63. The number of pyridine rings is 1. The number of hydrogen-bond donors (Lipinski definition) is 1. The zero-order valence-corrected chi connectivity index (χ0v) is 13.8. The Bertz CT molecular complexity index is 895. The Morgan fingerprint density at radius 2 is 2.32 bits per heavy atom. The Hall–Kier alpha value is -3.03. The number of nitrogens with one attached hydrogen (secondary N) is 1. The molecule has 3 aromatic rings. The summed E-state index contributed by atoms with van der Waals surface area (Å²) in [7, 11) is 0. The van der Waals surface area contributed by atoms with Crippen molar-refractivity contribution in [3.05, 3.63) is 36.5 Å². The van der Waals surface area contributed by atoms with Gasteiger partial charge in [-0.05, 0) is 31.9 Å². The number of carbonyl (C=O) groups is 1. The normalized spacial score (nSPS) is 17.6. The van der Waals surface area contributed by atoms with Crippen molar-refractivity contribution in [2.45, 2.75) is 19.8 Å². The van der Waals surface area contributed by atoms with Gasteiger partial charge in [0.15, 0.2) is 0 Å². The average Bonchev–Trinajstić information content (AvgIpc) is 3.04. The molecule has 1 N–H and O–H groups in total. The monoisotopic (exact) mass is 338 g/mol. The predicted octanol–water partition coefficient (Wildman–Crippen LogP) is 2.18. The maximum atomic E-state index is 12.6. The summed E-state index contributed by atoms with van der Waals surface area (Å²) in [6.45, 7) is 3.31. The molecule has 8 nitrogen and oxygen atoms in total. The second-order valence-electron chi connectivity index (χ2n) is 6.16. The fourth-order valence-electron chi connectivity index (χ4n) is 3.21. The molecular formula is C17H18N6O2. The number of fused-ring (bicyclic) bond motifs is 1. The van der Waals surface area contributed by atoms with Crippen LogP contribution >= 0.6 is 0 Å². The lowest BCUT2D eigenvalue weighted by molar-refractivity contribution is -0.120. The molecule has 0 spiro atoms. The first-order chi connectivity index (χ1) is 12.2. The van der Waals surface area contributed by atoms with Gasteiger partial charge in [-0.3, -0.25) is 9.78 Å². The Kier molecular flexibility index (Phi) is 4.01. The van der Waals surface area contributed by atoms with Gasteiger partial charge in [-0.2, -0.15) is 4.98 Å². The van der Waals surface area contributed by atoms with E-state index in [1.165, 1.54) is 6.33 Å². The van der Waals surface area contributed by atoms with Gasteiger partial charge in [0.25, 0.3) is 5.71 Å². The van der Waals surface area contributed by atoms with Crippen molar-refractivity contribution in [3.8, 4) is 0 Å². The van der Waals surface area contributed by atoms with Crippen molar-refractivity contribution >= 4 is 28.5 Å². The van der Waals surface area contributed by atoms with Crippen LogP contribution < -0.4 is 10.2 Å². The molecule has 0 radical (unpaired) electrons. The Morgan fingerprint density at radius 1 is 1.40 bits per heavy atom. The molecule has 3 aromatic heterocycles. The molecule has 4 heterocycles. The van der Waals surface area contributed by atoms with Crippen LogP contribution in [0.25, 0.3) is 11.1 Å². The van der Waals surface area contributed by atoms with Crippen molar-refractivity contribution in [3.63, 3.8) is 0 Å². The van der Waals surface area contributed by atoms with Gasteiger partial charge in [0.2, 0.25) is 5.91 Å². The molecule has 8 heteroatoms. The van der Waals surface area contributed by atoms with E-state index in [1.54, 1.807) is 18.5 Å². The van der Waals surface area contributed by atoms with Gasteiger partial charge < -0.3 is 14.7 Å². The molecule has 1 saturated heterocycles. The van der Waals surface area contributed by atoms with E-state index in [4.69, 9.17) is 4.52 Å². The molecule has 0 aliphatic carbocycles. The van der Waals surface area contributed by atoms with Crippen LogP contribution in [0.1, 0.15) is 18.5 Å². The Morgan fingerprint density at radius 3 is 3.16 bits per heavy atom. The number of aromatic nitrogens is 4. The topological polar surface area (TPSA) is 97.0 Å². The molecule has 1 fully saturated rings. The molecule has 0 bridgehead atoms. The van der Waals surface area contributed by atoms with Gasteiger partial charge in [-0.15, -0.1) is 0 Å². The lowest BCUT2D eigenvalue weighted by atomic mass is 9.97. The number of hydrogen-bond acceptors (Lipinski definition) is 7. The summed E-state index contributed by atoms with van der Waals surface area (Å²) in [5, 5.41) is 7.72. The molecule has 1 aliphatic heterocycles. The highest BCUT2D eigenvalue weighted by molar-refractivity contribution is 5.93. The first-order valence-corrected chi connectivity index (χ1v) is 8.25. The fourth-order valence-corrected chi connectivity index (χ4v) is 3.21. The van der Waals surface area contributed by atoms with Gasteiger partial charge in [-0.1, -0.05) is 5.16 Å². The number of carbonyl (C=O) groups excluding carboxylic acids is 1. The summed E-state index contributed by atoms with van der Waals surface area (Å²) in [5.41, 5.74) is 1.95. The molecular weight excluding hydrogens is 320 g/mol. The van der Waals surface area contributed by atoms with Gasteiger partial charge in [0.1, 0.15) is 17.5 Å². The van der Waals surface area contributed by atoms with Crippen molar-refractivity contribution in [2.24, 2.45) is 5.92 Å². The van der Waals surface area contributed by atoms with E-state index in [1.807, 2.05) is 13.0 Å². The van der Waals surface area contributed by atoms with Gasteiger partial charge in [-0.25, -0.2) is 4.98 Å². The molecule has 1 atom stereocenters. The molecule has 1 amide bonds. The number of amides is 1. The van der Waals surface area contributed by atoms with Crippen LogP contribution in [0.5, 0.6) is 0 Å². The smallest absolute Gasteiger partial charge is 0.263 e. The molecule has 128 valence electrons. The van der Waals surface area contributed by atoms with Crippen molar-refractivity contribution in [1.82, 2.24) is 20.1 Å². The minimum absolute atomic E-state index is 0.00467. The van der Waals surface area contributed by atoms with Crippen LogP contribution in [0.15, 0.2) is 35.4 Å². The maximum absolute atomic E-state index is 12.6. The number of rotatable bonds is 3. The predicted molar refractivity (Wildman–Crippen MR) is 92.1 cm³/mol. The third-order valence-corrected chi connectivity index (χ3v) is 4.44. The first-order valence-electron chi connectivity index (χ1n) is 8.25. The lowest BCUT2D eigenvalue weighted by Gasteiger charge is -2.33. The quantitative estimate of drug-likeness (QED) is 0.781. The second-order valence-corrected chi connectivity index (χ2v) is 6.16. The molecule has 25 heavy (non-hydrogen) atoms. The summed E-state index contributed by atoms with van der Waals surface area (Å²) < 4.78 is 5.22. The summed E-state index contributed by atoms with van der Waals surface area (Å²) in [4.78, 5) is 27.3. The van der Waals surface area contributed by atoms with Crippen LogP contribution in [-0.4, -0.2) is 39.1 Å². The van der Waals surface area contributed by atoms with Gasteiger partial charge in [0, 0.05) is 19.3 Å². The maximum Gasteiger partial charge on any atom is 0.263 e. The third-order valence-electron chi connectivity index (χ3n) is 4.44. The van der Waals surface area contributed by atoms with Crippen LogP contribution in [0.3, 0.4) is 0 Å². The Balaban J connectivity index is 1.54. The minimum Gasteiger partial charge on any atom is -0.355 e. The Labute approximate surface area is 144 Å². The summed E-state index contributed by atoms with van der Waals surface area (Å²) in [6.07, 6.45) is 6.56. The number of piperidine rings is 1. The standard InChI is InChI=1S/C17H18N6O2/c1-11-14-15(19-10-20-17(14)25-22-11)23-7-3-4-12(9-23)16(24)21-13-5-2-6-18-8-13/h2,5-6,8,10,12H,3-4,7,9H2,1H3,(H,21,24). The fraction of sp³-hybridized carbons (Fsp3) is 0.353. The summed E-state index contributed by atoms with van der Waals surface area (Å²) in [5.74, 6) is 0.673. The first kappa shape index (κ1) is 15.5. The van der Waals surface area contributed by atoms with Gasteiger partial charge in [0.05, 0.1) is 23.5 Å². The zero-order valence-electron chi connectivity index (χ0n) is 13.8. The highest BCUT2D eigenvalue weighted by Crippen LogP contribution is 2.29. The zero-order chi connectivity index (χ0) is 17.2.